The summed E-state index contributed by atoms with van der Waals surface area (Å²) in [6, 6.07) is -0.221. The highest BCUT2D eigenvalue weighted by molar-refractivity contribution is 8.03. The zero-order valence-electron chi connectivity index (χ0n) is 12.2. The number of amides is 1. The van der Waals surface area contributed by atoms with Crippen molar-refractivity contribution in [3.63, 3.8) is 0 Å². The number of thioether (sulfide) groups is 1. The van der Waals surface area contributed by atoms with Gasteiger partial charge < -0.3 is 20.0 Å². The van der Waals surface area contributed by atoms with Crippen LogP contribution in [0.1, 0.15) is 19.8 Å². The fraction of sp³-hybridized carbons (Fsp3) is 0.643. The first-order valence-electron chi connectivity index (χ1n) is 7.33. The number of likely N-dealkylation sites (tertiary alicyclic amines) is 1. The Kier molecular flexibility index (Phi) is 3.90. The van der Waals surface area contributed by atoms with Gasteiger partial charge >= 0.3 is 5.97 Å². The Morgan fingerprint density at radius 1 is 1.55 bits per heavy atom. The molecule has 1 amide bonds. The molecule has 3 rings (SSSR count). The van der Waals surface area contributed by atoms with Crippen LogP contribution in [0.15, 0.2) is 10.6 Å². The molecule has 2 saturated heterocycles. The van der Waals surface area contributed by atoms with Gasteiger partial charge in [-0.05, 0) is 13.3 Å². The average molecular weight is 325 g/mol. The number of carboxylic acid groups (broad SMARTS) is 1. The molecule has 0 aliphatic carbocycles. The molecule has 0 spiro atoms. The van der Waals surface area contributed by atoms with Crippen LogP contribution in [0.2, 0.25) is 0 Å². The van der Waals surface area contributed by atoms with Crippen molar-refractivity contribution in [2.75, 3.05) is 13.1 Å². The van der Waals surface area contributed by atoms with Crippen molar-refractivity contribution in [3.05, 3.63) is 10.6 Å². The molecular weight excluding hydrogens is 306 g/mol. The normalized spacial score (nSPS) is 32.1. The van der Waals surface area contributed by atoms with E-state index in [9.17, 15) is 19.8 Å². The van der Waals surface area contributed by atoms with E-state index in [1.807, 2.05) is 4.90 Å². The molecule has 4 atom stereocenters. The van der Waals surface area contributed by atoms with Crippen LogP contribution in [0, 0.1) is 11.3 Å². The summed E-state index contributed by atoms with van der Waals surface area (Å²) in [4.78, 5) is 27.6. The molecule has 2 fully saturated rings. The highest BCUT2D eigenvalue weighted by Crippen LogP contribution is 2.48. The van der Waals surface area contributed by atoms with Gasteiger partial charge in [-0.25, -0.2) is 4.79 Å². The van der Waals surface area contributed by atoms with Crippen molar-refractivity contribution < 1.29 is 19.8 Å². The van der Waals surface area contributed by atoms with Crippen molar-refractivity contribution >= 4 is 30.0 Å². The lowest BCUT2D eigenvalue weighted by Gasteiger charge is -2.44. The molecule has 0 radical (unpaired) electrons. The lowest BCUT2D eigenvalue weighted by molar-refractivity contribution is -0.161. The SMILES string of the molecule is C[C@@H](O)[C@H]1C(=O)N2C(C(=O)O)=C(S[C@H]3CCN(C=N)C3)C[C@H]12. The second-order valence-electron chi connectivity index (χ2n) is 5.98. The van der Waals surface area contributed by atoms with Gasteiger partial charge in [0.2, 0.25) is 5.91 Å². The number of aliphatic hydroxyl groups excluding tert-OH is 1. The number of hydrogen-bond acceptors (Lipinski definition) is 5. The van der Waals surface area contributed by atoms with Crippen molar-refractivity contribution in [3.8, 4) is 0 Å². The highest BCUT2D eigenvalue weighted by Gasteiger charge is 2.56. The minimum Gasteiger partial charge on any atom is -0.477 e. The summed E-state index contributed by atoms with van der Waals surface area (Å²) in [6.45, 7) is 3.10. The molecule has 0 bridgehead atoms. The predicted octanol–water partition coefficient (Wildman–Crippen LogP) is 0.309. The molecule has 0 aromatic rings. The van der Waals surface area contributed by atoms with Crippen LogP contribution in [0.5, 0.6) is 0 Å². The van der Waals surface area contributed by atoms with Gasteiger partial charge in [-0.3, -0.25) is 10.2 Å². The van der Waals surface area contributed by atoms with Crippen molar-refractivity contribution in [2.24, 2.45) is 5.92 Å². The fourth-order valence-corrected chi connectivity index (χ4v) is 4.96. The molecule has 7 nitrogen and oxygen atoms in total. The van der Waals surface area contributed by atoms with E-state index >= 15 is 0 Å². The van der Waals surface area contributed by atoms with Crippen LogP contribution in [-0.2, 0) is 9.59 Å². The van der Waals surface area contributed by atoms with Crippen LogP contribution in [0.4, 0.5) is 0 Å². The smallest absolute Gasteiger partial charge is 0.353 e. The third-order valence-electron chi connectivity index (χ3n) is 4.56. The van der Waals surface area contributed by atoms with Crippen LogP contribution in [-0.4, -0.2) is 68.7 Å². The zero-order chi connectivity index (χ0) is 16.0. The van der Waals surface area contributed by atoms with E-state index in [-0.39, 0.29) is 22.9 Å². The maximum absolute atomic E-state index is 12.1. The number of nitrogens with zero attached hydrogens (tertiary/aromatic N) is 2. The summed E-state index contributed by atoms with van der Waals surface area (Å²) >= 11 is 1.51. The average Bonchev–Trinajstić information content (AvgIpc) is 3.01. The fourth-order valence-electron chi connectivity index (χ4n) is 3.50. The van der Waals surface area contributed by atoms with Crippen LogP contribution < -0.4 is 0 Å². The van der Waals surface area contributed by atoms with Gasteiger partial charge in [0.1, 0.15) is 5.70 Å². The molecule has 0 unspecified atom stereocenters. The third-order valence-corrected chi connectivity index (χ3v) is 5.92. The van der Waals surface area contributed by atoms with E-state index in [4.69, 9.17) is 5.41 Å². The lowest BCUT2D eigenvalue weighted by atomic mass is 9.83. The van der Waals surface area contributed by atoms with Gasteiger partial charge in [0.25, 0.3) is 0 Å². The minimum absolute atomic E-state index is 0.0882. The van der Waals surface area contributed by atoms with Crippen LogP contribution >= 0.6 is 11.8 Å². The molecule has 120 valence electrons. The molecule has 3 aliphatic rings. The number of carbonyl (C=O) groups excluding carboxylic acids is 1. The second kappa shape index (κ2) is 5.58. The van der Waals surface area contributed by atoms with Gasteiger partial charge in [-0.2, -0.15) is 0 Å². The Balaban J connectivity index is 1.77. The van der Waals surface area contributed by atoms with Gasteiger partial charge in [0.05, 0.1) is 24.4 Å². The summed E-state index contributed by atoms with van der Waals surface area (Å²) in [5, 5.41) is 26.6. The Bertz CT molecular complexity index is 562. The quantitative estimate of drug-likeness (QED) is 0.382. The van der Waals surface area contributed by atoms with Gasteiger partial charge in [-0.15, -0.1) is 11.8 Å². The number of nitrogens with one attached hydrogen (secondary N) is 1. The monoisotopic (exact) mass is 325 g/mol. The summed E-state index contributed by atoms with van der Waals surface area (Å²) in [5.41, 5.74) is 0.0882. The van der Waals surface area contributed by atoms with E-state index in [0.29, 0.717) is 6.42 Å². The number of hydrogen-bond donors (Lipinski definition) is 3. The molecule has 3 aliphatic heterocycles. The Hall–Kier alpha value is -1.54. The van der Waals surface area contributed by atoms with Gasteiger partial charge in [-0.1, -0.05) is 0 Å². The number of aliphatic carboxylic acids is 1. The summed E-state index contributed by atoms with van der Waals surface area (Å²) < 4.78 is 0. The molecule has 22 heavy (non-hydrogen) atoms. The van der Waals surface area contributed by atoms with Crippen LogP contribution in [0.3, 0.4) is 0 Å². The largest absolute Gasteiger partial charge is 0.477 e. The third kappa shape index (κ3) is 2.30. The summed E-state index contributed by atoms with van der Waals surface area (Å²) in [7, 11) is 0. The Morgan fingerprint density at radius 3 is 2.82 bits per heavy atom. The van der Waals surface area contributed by atoms with E-state index in [2.05, 4.69) is 0 Å². The molecule has 3 N–H and O–H groups in total. The first-order valence-corrected chi connectivity index (χ1v) is 8.21. The van der Waals surface area contributed by atoms with Crippen molar-refractivity contribution in [1.82, 2.24) is 9.80 Å². The van der Waals surface area contributed by atoms with E-state index in [1.54, 1.807) is 6.92 Å². The Labute approximate surface area is 132 Å². The van der Waals surface area contributed by atoms with Gasteiger partial charge in [0.15, 0.2) is 0 Å². The topological polar surface area (TPSA) is 105 Å². The zero-order valence-corrected chi connectivity index (χ0v) is 13.0. The highest BCUT2D eigenvalue weighted by atomic mass is 32.2. The van der Waals surface area contributed by atoms with E-state index < -0.39 is 18.0 Å². The number of carboxylic acids is 1. The molecular formula is C14H19N3O4S. The number of aliphatic hydroxyl groups is 1. The van der Waals surface area contributed by atoms with E-state index in [1.165, 1.54) is 23.0 Å². The predicted molar refractivity (Wildman–Crippen MR) is 81.4 cm³/mol. The van der Waals surface area contributed by atoms with E-state index in [0.717, 1.165) is 24.4 Å². The molecule has 8 heteroatoms. The number of carbonyl (C=O) groups is 2. The molecule has 0 aromatic heterocycles. The summed E-state index contributed by atoms with van der Waals surface area (Å²) in [6.07, 6.45) is 1.96. The summed E-state index contributed by atoms with van der Waals surface area (Å²) in [5.74, 6) is -1.86. The van der Waals surface area contributed by atoms with Crippen molar-refractivity contribution in [1.29, 1.82) is 5.41 Å². The maximum atomic E-state index is 12.1. The second-order valence-corrected chi connectivity index (χ2v) is 7.37. The lowest BCUT2D eigenvalue weighted by Crippen LogP contribution is -2.61. The standard InChI is InChI=1S/C14H19N3O4S/c1-7(18)11-9-4-10(12(14(20)21)17(9)13(11)19)22-8-2-3-16(5-8)6-15/h6-9,11,15,18H,2-5H2,1H3,(H,20,21)/t7-,8+,9-,11-/m1/s1. The van der Waals surface area contributed by atoms with Gasteiger partial charge in [0, 0.05) is 29.7 Å². The number of fused-ring (bicyclic) bond motifs is 1. The number of β-lactam (4-membered cyclic amide) rings is 1. The molecule has 3 heterocycles. The number of rotatable bonds is 5. The Morgan fingerprint density at radius 2 is 2.27 bits per heavy atom. The van der Waals surface area contributed by atoms with Crippen LogP contribution in [0.25, 0.3) is 0 Å². The molecule has 0 saturated carbocycles. The van der Waals surface area contributed by atoms with Crippen molar-refractivity contribution in [2.45, 2.75) is 37.2 Å². The maximum Gasteiger partial charge on any atom is 0.353 e. The molecule has 0 aromatic carbocycles. The minimum atomic E-state index is -1.08. The first kappa shape index (κ1) is 15.4. The first-order chi connectivity index (χ1) is 10.4.